The highest BCUT2D eigenvalue weighted by Crippen LogP contribution is 2.42. The van der Waals surface area contributed by atoms with E-state index in [1.165, 1.54) is 11.8 Å². The van der Waals surface area contributed by atoms with Crippen LogP contribution in [-0.2, 0) is 15.3 Å². The van der Waals surface area contributed by atoms with E-state index in [9.17, 15) is 10.1 Å². The minimum atomic E-state index is -0.658. The minimum absolute atomic E-state index is 0.426. The molecule has 1 N–H and O–H groups in total. The zero-order valence-electron chi connectivity index (χ0n) is 18.3. The lowest BCUT2D eigenvalue weighted by molar-refractivity contribution is -0.150. The molecule has 0 bridgehead atoms. The molecule has 4 nitrogen and oxygen atoms in total. The third-order valence-corrected chi connectivity index (χ3v) is 6.36. The van der Waals surface area contributed by atoms with Crippen LogP contribution in [-0.4, -0.2) is 11.6 Å². The number of allylic oxidation sites excluding steroid dienone is 2. The maximum Gasteiger partial charge on any atom is 0.337 e. The first-order chi connectivity index (χ1) is 15.1. The third kappa shape index (κ3) is 5.89. The number of nitriles is 1. The van der Waals surface area contributed by atoms with Crippen molar-refractivity contribution in [1.82, 2.24) is 5.32 Å². The zero-order valence-corrected chi connectivity index (χ0v) is 20.7. The van der Waals surface area contributed by atoms with Gasteiger partial charge in [0.15, 0.2) is 0 Å². The van der Waals surface area contributed by atoms with Crippen LogP contribution in [0.5, 0.6) is 0 Å². The molecule has 1 aliphatic heterocycles. The number of ether oxygens (including phenoxy) is 1. The van der Waals surface area contributed by atoms with E-state index >= 15 is 0 Å². The Bertz CT molecular complexity index is 1110. The molecule has 7 heteroatoms. The number of carbonyl (C=O) groups excluding carboxylic acids is 1. The molecular weight excluding hydrogens is 463 g/mol. The van der Waals surface area contributed by atoms with Gasteiger partial charge in [0.05, 0.1) is 28.2 Å². The van der Waals surface area contributed by atoms with Crippen molar-refractivity contribution in [3.63, 3.8) is 0 Å². The van der Waals surface area contributed by atoms with E-state index in [4.69, 9.17) is 27.9 Å². The lowest BCUT2D eigenvalue weighted by Gasteiger charge is -2.31. The van der Waals surface area contributed by atoms with E-state index in [2.05, 4.69) is 11.4 Å². The largest absolute Gasteiger partial charge is 0.457 e. The molecule has 166 valence electrons. The van der Waals surface area contributed by atoms with Crippen LogP contribution < -0.4 is 5.32 Å². The molecule has 0 fully saturated rings. The second kappa shape index (κ2) is 10.0. The number of halogens is 2. The number of rotatable bonds is 5. The number of hydrogen-bond acceptors (Lipinski definition) is 5. The van der Waals surface area contributed by atoms with E-state index in [1.54, 1.807) is 12.1 Å². The normalized spacial score (nSPS) is 16.5. The summed E-state index contributed by atoms with van der Waals surface area (Å²) in [5.41, 5.74) is 2.78. The Morgan fingerprint density at radius 3 is 2.19 bits per heavy atom. The van der Waals surface area contributed by atoms with Crippen LogP contribution in [0.3, 0.4) is 0 Å². The fourth-order valence-electron chi connectivity index (χ4n) is 3.35. The fourth-order valence-corrected chi connectivity index (χ4v) is 4.65. The monoisotopic (exact) mass is 486 g/mol. The molecule has 3 rings (SSSR count). The average molecular weight is 487 g/mol. The van der Waals surface area contributed by atoms with Crippen LogP contribution in [0, 0.1) is 11.3 Å². The summed E-state index contributed by atoms with van der Waals surface area (Å²) in [7, 11) is 0. The van der Waals surface area contributed by atoms with Crippen molar-refractivity contribution in [3.8, 4) is 6.07 Å². The number of dihydropyridines is 1. The third-order valence-electron chi connectivity index (χ3n) is 4.77. The molecule has 0 saturated carbocycles. The molecule has 2 aromatic carbocycles. The molecule has 0 aromatic heterocycles. The Hall–Kier alpha value is -2.39. The molecule has 0 saturated heterocycles. The summed E-state index contributed by atoms with van der Waals surface area (Å²) in [5, 5.41) is 15.4. The fraction of sp³-hybridized carbons (Fsp3) is 0.280. The van der Waals surface area contributed by atoms with Crippen LogP contribution in [0.25, 0.3) is 0 Å². The molecule has 0 spiro atoms. The molecule has 1 atom stereocenters. The molecule has 32 heavy (non-hydrogen) atoms. The van der Waals surface area contributed by atoms with E-state index in [0.717, 1.165) is 11.1 Å². The molecule has 0 radical (unpaired) electrons. The number of carbonyl (C=O) groups is 1. The highest BCUT2D eigenvalue weighted by molar-refractivity contribution is 8.02. The first kappa shape index (κ1) is 24.3. The number of hydrogen-bond donors (Lipinski definition) is 1. The van der Waals surface area contributed by atoms with Crippen molar-refractivity contribution >= 4 is 40.9 Å². The molecule has 0 amide bonds. The van der Waals surface area contributed by atoms with Crippen LogP contribution in [0.2, 0.25) is 10.0 Å². The lowest BCUT2D eigenvalue weighted by Crippen LogP contribution is -2.32. The van der Waals surface area contributed by atoms with Gasteiger partial charge < -0.3 is 10.1 Å². The number of nitrogens with one attached hydrogen (secondary N) is 1. The number of esters is 1. The van der Waals surface area contributed by atoms with Gasteiger partial charge in [0.2, 0.25) is 0 Å². The van der Waals surface area contributed by atoms with Gasteiger partial charge in [0.25, 0.3) is 0 Å². The minimum Gasteiger partial charge on any atom is -0.457 e. The Labute approximate surface area is 203 Å². The van der Waals surface area contributed by atoms with Gasteiger partial charge in [-0.15, -0.1) is 11.8 Å². The van der Waals surface area contributed by atoms with E-state index in [-0.39, 0.29) is 0 Å². The molecular formula is C25H24Cl2N2O2S. The molecule has 0 aliphatic carbocycles. The van der Waals surface area contributed by atoms with Crippen LogP contribution >= 0.6 is 35.0 Å². The lowest BCUT2D eigenvalue weighted by atomic mass is 9.82. The molecule has 2 aromatic rings. The maximum absolute atomic E-state index is 13.2. The van der Waals surface area contributed by atoms with Crippen LogP contribution in [0.15, 0.2) is 70.4 Å². The molecule has 1 aliphatic rings. The maximum atomic E-state index is 13.2. The van der Waals surface area contributed by atoms with Crippen molar-refractivity contribution in [2.45, 2.75) is 45.0 Å². The summed E-state index contributed by atoms with van der Waals surface area (Å²) < 4.78 is 5.68. The Morgan fingerprint density at radius 2 is 1.66 bits per heavy atom. The second-order valence-electron chi connectivity index (χ2n) is 8.42. The van der Waals surface area contributed by atoms with Crippen LogP contribution in [0.4, 0.5) is 0 Å². The summed E-state index contributed by atoms with van der Waals surface area (Å²) in [6.45, 7) is 7.30. The number of thioether (sulfide) groups is 1. The molecule has 0 unspecified atom stereocenters. The predicted octanol–water partition coefficient (Wildman–Crippen LogP) is 6.96. The van der Waals surface area contributed by atoms with Gasteiger partial charge in [-0.3, -0.25) is 0 Å². The summed E-state index contributed by atoms with van der Waals surface area (Å²) in [5.74, 6) is -0.356. The predicted molar refractivity (Wildman–Crippen MR) is 131 cm³/mol. The highest BCUT2D eigenvalue weighted by Gasteiger charge is 2.36. The SMILES string of the molecule is CC1=C(C(=O)OC(C)(C)C)[C@H](c2ccc(Cl)cc2)C(C#N)=C(SCc2ccc(Cl)cc2)N1. The summed E-state index contributed by atoms with van der Waals surface area (Å²) in [6.07, 6.45) is 0. The van der Waals surface area contributed by atoms with Crippen molar-refractivity contribution in [1.29, 1.82) is 5.26 Å². The number of nitrogens with zero attached hydrogens (tertiary/aromatic N) is 1. The van der Waals surface area contributed by atoms with Gasteiger partial charge in [-0.25, -0.2) is 4.79 Å². The average Bonchev–Trinajstić information content (AvgIpc) is 2.72. The quantitative estimate of drug-likeness (QED) is 0.462. The smallest absolute Gasteiger partial charge is 0.337 e. The topological polar surface area (TPSA) is 62.1 Å². The van der Waals surface area contributed by atoms with Crippen LogP contribution in [0.1, 0.15) is 44.7 Å². The number of benzene rings is 2. The van der Waals surface area contributed by atoms with Crippen molar-refractivity contribution < 1.29 is 9.53 Å². The van der Waals surface area contributed by atoms with E-state index < -0.39 is 17.5 Å². The van der Waals surface area contributed by atoms with Gasteiger partial charge in [-0.2, -0.15) is 5.26 Å². The van der Waals surface area contributed by atoms with Gasteiger partial charge in [-0.1, -0.05) is 47.5 Å². The summed E-state index contributed by atoms with van der Waals surface area (Å²) >= 11 is 13.6. The Kier molecular flexibility index (Phi) is 7.61. The van der Waals surface area contributed by atoms with Crippen molar-refractivity contribution in [2.75, 3.05) is 0 Å². The van der Waals surface area contributed by atoms with Crippen molar-refractivity contribution in [3.05, 3.63) is 91.6 Å². The van der Waals surface area contributed by atoms with Gasteiger partial charge >= 0.3 is 5.97 Å². The standard InChI is InChI=1S/C25H24Cl2N2O2S/c1-15-21(24(30)31-25(2,3)4)22(17-7-11-19(27)12-8-17)20(13-28)23(29-15)32-14-16-5-9-18(26)10-6-16/h5-12,22,29H,14H2,1-4H3/t22-/m1/s1. The first-order valence-corrected chi connectivity index (χ1v) is 11.8. The van der Waals surface area contributed by atoms with E-state index in [0.29, 0.717) is 37.7 Å². The second-order valence-corrected chi connectivity index (χ2v) is 10.3. The van der Waals surface area contributed by atoms with Gasteiger partial charge in [0.1, 0.15) is 5.60 Å². The van der Waals surface area contributed by atoms with Gasteiger partial charge in [-0.05, 0) is 63.1 Å². The Balaban J connectivity index is 2.02. The van der Waals surface area contributed by atoms with Gasteiger partial charge in [0, 0.05) is 21.5 Å². The zero-order chi connectivity index (χ0) is 23.5. The summed E-state index contributed by atoms with van der Waals surface area (Å²) in [6, 6.07) is 17.1. The van der Waals surface area contributed by atoms with Crippen molar-refractivity contribution in [2.24, 2.45) is 0 Å². The van der Waals surface area contributed by atoms with E-state index in [1.807, 2.05) is 64.1 Å². The highest BCUT2D eigenvalue weighted by atomic mass is 35.5. The Morgan fingerprint density at radius 1 is 1.09 bits per heavy atom. The summed E-state index contributed by atoms with van der Waals surface area (Å²) in [4.78, 5) is 13.2. The first-order valence-electron chi connectivity index (χ1n) is 10.1. The molecule has 1 heterocycles.